The number of rotatable bonds is 11. The number of nitrogens with one attached hydrogen (secondary N) is 1. The van der Waals surface area contributed by atoms with E-state index in [-0.39, 0.29) is 35.1 Å². The molecule has 2 atom stereocenters. The number of likely N-dealkylation sites (N-methyl/N-ethyl adjacent to an activating group) is 1. The van der Waals surface area contributed by atoms with Crippen LogP contribution in [0.15, 0.2) is 47.4 Å². The zero-order chi connectivity index (χ0) is 28.3. The van der Waals surface area contributed by atoms with Gasteiger partial charge in [0, 0.05) is 19.3 Å². The number of amides is 2. The maximum absolute atomic E-state index is 14.1. The standard InChI is InChI=1S/C30H41N3O5S/c1-6-20(7-2)28-29(34)31-27(24-16-21-10-8-9-11-22(21)17-24)30(35)33(28)19-23-12-13-25(38-15-14-32(3)4)18-26(23)39(5,36)37/h8-13,18,20,24,27-28H,6-7,14-17,19H2,1-5H3,(H,31,34)/t27-,28-/m1/s1. The summed E-state index contributed by atoms with van der Waals surface area (Å²) in [7, 11) is 0.255. The van der Waals surface area contributed by atoms with Gasteiger partial charge in [0.2, 0.25) is 11.8 Å². The minimum absolute atomic E-state index is 0.0361. The quantitative estimate of drug-likeness (QED) is 0.458. The number of sulfone groups is 1. The lowest BCUT2D eigenvalue weighted by Crippen LogP contribution is -2.66. The first kappa shape index (κ1) is 29.1. The zero-order valence-electron chi connectivity index (χ0n) is 23.6. The highest BCUT2D eigenvalue weighted by atomic mass is 32.2. The molecule has 1 N–H and O–H groups in total. The van der Waals surface area contributed by atoms with Crippen LogP contribution < -0.4 is 10.1 Å². The van der Waals surface area contributed by atoms with E-state index in [1.165, 1.54) is 17.2 Å². The summed E-state index contributed by atoms with van der Waals surface area (Å²) in [4.78, 5) is 31.5. The van der Waals surface area contributed by atoms with Crippen LogP contribution in [0.1, 0.15) is 43.4 Å². The molecule has 2 amide bonds. The van der Waals surface area contributed by atoms with E-state index in [9.17, 15) is 18.0 Å². The van der Waals surface area contributed by atoms with Gasteiger partial charge >= 0.3 is 0 Å². The van der Waals surface area contributed by atoms with Crippen molar-refractivity contribution in [3.8, 4) is 5.75 Å². The van der Waals surface area contributed by atoms with Crippen molar-refractivity contribution in [2.45, 2.75) is 63.1 Å². The monoisotopic (exact) mass is 555 g/mol. The summed E-state index contributed by atoms with van der Waals surface area (Å²) in [5, 5.41) is 3.07. The highest BCUT2D eigenvalue weighted by Gasteiger charge is 2.47. The van der Waals surface area contributed by atoms with Crippen molar-refractivity contribution in [2.75, 3.05) is 33.5 Å². The van der Waals surface area contributed by atoms with E-state index in [4.69, 9.17) is 4.74 Å². The van der Waals surface area contributed by atoms with Crippen molar-refractivity contribution < 1.29 is 22.7 Å². The zero-order valence-corrected chi connectivity index (χ0v) is 24.5. The Morgan fingerprint density at radius 1 is 1.05 bits per heavy atom. The molecule has 212 valence electrons. The van der Waals surface area contributed by atoms with Crippen molar-refractivity contribution in [3.63, 3.8) is 0 Å². The lowest BCUT2D eigenvalue weighted by molar-refractivity contribution is -0.154. The van der Waals surface area contributed by atoms with Crippen LogP contribution >= 0.6 is 0 Å². The molecule has 0 bridgehead atoms. The van der Waals surface area contributed by atoms with E-state index in [0.717, 1.165) is 31.9 Å². The second-order valence-electron chi connectivity index (χ2n) is 11.1. The topological polar surface area (TPSA) is 96.0 Å². The van der Waals surface area contributed by atoms with Gasteiger partial charge in [0.25, 0.3) is 0 Å². The van der Waals surface area contributed by atoms with Gasteiger partial charge in [-0.3, -0.25) is 9.59 Å². The molecule has 2 aliphatic rings. The average molecular weight is 556 g/mol. The van der Waals surface area contributed by atoms with Gasteiger partial charge in [-0.1, -0.05) is 57.0 Å². The van der Waals surface area contributed by atoms with Crippen molar-refractivity contribution in [1.82, 2.24) is 15.1 Å². The third kappa shape index (κ3) is 6.47. The van der Waals surface area contributed by atoms with Crippen molar-refractivity contribution in [1.29, 1.82) is 0 Å². The smallest absolute Gasteiger partial charge is 0.246 e. The third-order valence-electron chi connectivity index (χ3n) is 8.09. The summed E-state index contributed by atoms with van der Waals surface area (Å²) < 4.78 is 31.5. The van der Waals surface area contributed by atoms with E-state index in [1.54, 1.807) is 17.0 Å². The fourth-order valence-electron chi connectivity index (χ4n) is 5.92. The Labute approximate surface area is 232 Å². The summed E-state index contributed by atoms with van der Waals surface area (Å²) in [5.74, 6) is 0.0857. The Hall–Kier alpha value is -2.91. The van der Waals surface area contributed by atoms with Crippen LogP contribution in [0, 0.1) is 11.8 Å². The molecule has 9 heteroatoms. The Balaban J connectivity index is 1.66. The Morgan fingerprint density at radius 2 is 1.69 bits per heavy atom. The second-order valence-corrected chi connectivity index (χ2v) is 13.1. The number of piperazine rings is 1. The van der Waals surface area contributed by atoms with Crippen LogP contribution in [-0.2, 0) is 38.8 Å². The molecule has 1 aliphatic carbocycles. The average Bonchev–Trinajstić information content (AvgIpc) is 3.32. The molecule has 8 nitrogen and oxygen atoms in total. The lowest BCUT2D eigenvalue weighted by Gasteiger charge is -2.44. The number of carbonyl (C=O) groups is 2. The summed E-state index contributed by atoms with van der Waals surface area (Å²) in [6, 6.07) is 11.8. The van der Waals surface area contributed by atoms with Crippen LogP contribution in [0.5, 0.6) is 5.75 Å². The SMILES string of the molecule is CCC(CC)[C@@H]1C(=O)N[C@H](C2Cc3ccccc3C2)C(=O)N1Cc1ccc(OCCN(C)C)cc1S(C)(=O)=O. The molecule has 39 heavy (non-hydrogen) atoms. The molecule has 0 unspecified atom stereocenters. The van der Waals surface area contributed by atoms with Crippen LogP contribution in [0.4, 0.5) is 0 Å². The molecule has 0 aromatic heterocycles. The highest BCUT2D eigenvalue weighted by molar-refractivity contribution is 7.90. The highest BCUT2D eigenvalue weighted by Crippen LogP contribution is 2.34. The molecule has 0 radical (unpaired) electrons. The van der Waals surface area contributed by atoms with E-state index in [0.29, 0.717) is 24.5 Å². The van der Waals surface area contributed by atoms with Crippen molar-refractivity contribution in [2.24, 2.45) is 11.8 Å². The largest absolute Gasteiger partial charge is 0.492 e. The second kappa shape index (κ2) is 12.1. The lowest BCUT2D eigenvalue weighted by atomic mass is 9.86. The Kier molecular flexibility index (Phi) is 9.01. The van der Waals surface area contributed by atoms with Gasteiger partial charge in [0.05, 0.1) is 4.90 Å². The summed E-state index contributed by atoms with van der Waals surface area (Å²) in [6.45, 7) is 5.20. The van der Waals surface area contributed by atoms with Gasteiger partial charge < -0.3 is 19.9 Å². The first-order valence-corrected chi connectivity index (χ1v) is 15.7. The Bertz CT molecular complexity index is 1280. The fraction of sp³-hybridized carbons (Fsp3) is 0.533. The molecule has 0 spiro atoms. The number of ether oxygens (including phenoxy) is 1. The van der Waals surface area contributed by atoms with Gasteiger partial charge in [0.15, 0.2) is 9.84 Å². The van der Waals surface area contributed by atoms with E-state index in [2.05, 4.69) is 17.4 Å². The molecule has 1 heterocycles. The number of hydrogen-bond donors (Lipinski definition) is 1. The number of benzene rings is 2. The van der Waals surface area contributed by atoms with E-state index < -0.39 is 21.9 Å². The molecular weight excluding hydrogens is 514 g/mol. The number of nitrogens with zero attached hydrogens (tertiary/aromatic N) is 2. The van der Waals surface area contributed by atoms with Gasteiger partial charge in [-0.25, -0.2) is 8.42 Å². The maximum atomic E-state index is 14.1. The minimum atomic E-state index is -3.62. The van der Waals surface area contributed by atoms with Crippen molar-refractivity contribution in [3.05, 3.63) is 59.2 Å². The fourth-order valence-corrected chi connectivity index (χ4v) is 6.85. The van der Waals surface area contributed by atoms with Crippen LogP contribution in [-0.4, -0.2) is 75.6 Å². The third-order valence-corrected chi connectivity index (χ3v) is 9.27. The van der Waals surface area contributed by atoms with Crippen molar-refractivity contribution >= 4 is 21.7 Å². The first-order valence-electron chi connectivity index (χ1n) is 13.8. The predicted molar refractivity (Wildman–Crippen MR) is 151 cm³/mol. The summed E-state index contributed by atoms with van der Waals surface area (Å²) in [5.41, 5.74) is 2.91. The predicted octanol–water partition coefficient (Wildman–Crippen LogP) is 3.08. The number of hydrogen-bond acceptors (Lipinski definition) is 6. The van der Waals surface area contributed by atoms with Crippen LogP contribution in [0.2, 0.25) is 0 Å². The first-order chi connectivity index (χ1) is 18.5. The molecule has 0 saturated carbocycles. The van der Waals surface area contributed by atoms with Gasteiger partial charge in [-0.05, 0) is 67.6 Å². The number of fused-ring (bicyclic) bond motifs is 1. The molecule has 1 saturated heterocycles. The maximum Gasteiger partial charge on any atom is 0.246 e. The number of carbonyl (C=O) groups excluding carboxylic acids is 2. The molecule has 2 aromatic rings. The summed E-state index contributed by atoms with van der Waals surface area (Å²) >= 11 is 0. The van der Waals surface area contributed by atoms with Crippen LogP contribution in [0.3, 0.4) is 0 Å². The molecule has 1 aliphatic heterocycles. The van der Waals surface area contributed by atoms with Crippen LogP contribution in [0.25, 0.3) is 0 Å². The Morgan fingerprint density at radius 3 is 2.26 bits per heavy atom. The summed E-state index contributed by atoms with van der Waals surface area (Å²) in [6.07, 6.45) is 4.08. The molecule has 4 rings (SSSR count). The van der Waals surface area contributed by atoms with Gasteiger partial charge in [-0.2, -0.15) is 0 Å². The van der Waals surface area contributed by atoms with Gasteiger partial charge in [0.1, 0.15) is 24.4 Å². The van der Waals surface area contributed by atoms with E-state index in [1.807, 2.05) is 45.0 Å². The minimum Gasteiger partial charge on any atom is -0.492 e. The van der Waals surface area contributed by atoms with E-state index >= 15 is 0 Å². The van der Waals surface area contributed by atoms with Gasteiger partial charge in [-0.15, -0.1) is 0 Å². The normalized spacial score (nSPS) is 20.0. The molecule has 1 fully saturated rings. The molecular formula is C30H41N3O5S. The molecule has 2 aromatic carbocycles.